The Bertz CT molecular complexity index is 597. The molecule has 2 aromatic rings. The third kappa shape index (κ3) is 3.95. The van der Waals surface area contributed by atoms with Crippen molar-refractivity contribution < 1.29 is 9.53 Å². The molecule has 0 fully saturated rings. The molecule has 0 aliphatic rings. The molecule has 1 heterocycles. The lowest BCUT2D eigenvalue weighted by Gasteiger charge is -2.10. The summed E-state index contributed by atoms with van der Waals surface area (Å²) >= 11 is 0. The van der Waals surface area contributed by atoms with E-state index >= 15 is 0 Å². The van der Waals surface area contributed by atoms with Crippen LogP contribution in [0.2, 0.25) is 0 Å². The minimum Gasteiger partial charge on any atom is -0.497 e. The van der Waals surface area contributed by atoms with E-state index in [4.69, 9.17) is 4.74 Å². The van der Waals surface area contributed by atoms with Crippen LogP contribution in [0.3, 0.4) is 0 Å². The summed E-state index contributed by atoms with van der Waals surface area (Å²) in [5.74, 6) is 1.26. The van der Waals surface area contributed by atoms with Gasteiger partial charge in [-0.1, -0.05) is 12.1 Å². The van der Waals surface area contributed by atoms with Crippen molar-refractivity contribution in [3.05, 3.63) is 53.7 Å². The zero-order valence-electron chi connectivity index (χ0n) is 12.2. The number of ether oxygens (including phenoxy) is 1. The molecular formula is C16H19N3O2. The zero-order chi connectivity index (χ0) is 15.1. The second kappa shape index (κ2) is 7.28. The van der Waals surface area contributed by atoms with Crippen molar-refractivity contribution in [2.75, 3.05) is 19.0 Å². The van der Waals surface area contributed by atoms with Crippen LogP contribution in [0.4, 0.5) is 5.82 Å². The molecule has 110 valence electrons. The maximum Gasteiger partial charge on any atom is 0.255 e. The Morgan fingerprint density at radius 2 is 2.00 bits per heavy atom. The first kappa shape index (κ1) is 14.8. The topological polar surface area (TPSA) is 63.2 Å². The van der Waals surface area contributed by atoms with Crippen molar-refractivity contribution in [3.63, 3.8) is 0 Å². The Hall–Kier alpha value is -2.56. The fraction of sp³-hybridized carbons (Fsp3) is 0.250. The van der Waals surface area contributed by atoms with Crippen molar-refractivity contribution in [3.8, 4) is 5.75 Å². The maximum absolute atomic E-state index is 12.2. The molecule has 0 aliphatic carbocycles. The fourth-order valence-corrected chi connectivity index (χ4v) is 1.92. The number of methoxy groups -OCH3 is 1. The molecule has 0 spiro atoms. The second-order valence-corrected chi connectivity index (χ2v) is 4.46. The van der Waals surface area contributed by atoms with Gasteiger partial charge in [-0.3, -0.25) is 4.79 Å². The third-order valence-electron chi connectivity index (χ3n) is 3.01. The van der Waals surface area contributed by atoms with Gasteiger partial charge >= 0.3 is 0 Å². The summed E-state index contributed by atoms with van der Waals surface area (Å²) in [5.41, 5.74) is 1.56. The van der Waals surface area contributed by atoms with Gasteiger partial charge in [0.25, 0.3) is 5.91 Å². The van der Waals surface area contributed by atoms with E-state index in [0.29, 0.717) is 17.9 Å². The monoisotopic (exact) mass is 285 g/mol. The summed E-state index contributed by atoms with van der Waals surface area (Å²) in [7, 11) is 1.63. The number of rotatable bonds is 6. The van der Waals surface area contributed by atoms with Crippen LogP contribution in [0.25, 0.3) is 0 Å². The summed E-state index contributed by atoms with van der Waals surface area (Å²) < 4.78 is 5.10. The van der Waals surface area contributed by atoms with Gasteiger partial charge < -0.3 is 15.4 Å². The van der Waals surface area contributed by atoms with Crippen molar-refractivity contribution in [1.82, 2.24) is 10.3 Å². The number of pyridine rings is 1. The van der Waals surface area contributed by atoms with E-state index in [2.05, 4.69) is 15.6 Å². The van der Waals surface area contributed by atoms with Gasteiger partial charge in [0.15, 0.2) is 0 Å². The molecule has 0 saturated carbocycles. The van der Waals surface area contributed by atoms with E-state index in [1.165, 1.54) is 0 Å². The van der Waals surface area contributed by atoms with Crippen LogP contribution in [-0.4, -0.2) is 24.5 Å². The Morgan fingerprint density at radius 1 is 1.24 bits per heavy atom. The van der Waals surface area contributed by atoms with Gasteiger partial charge in [0, 0.05) is 19.3 Å². The number of benzene rings is 1. The number of anilines is 1. The summed E-state index contributed by atoms with van der Waals surface area (Å²) in [5, 5.41) is 5.97. The second-order valence-electron chi connectivity index (χ2n) is 4.46. The number of amides is 1. The molecule has 0 saturated heterocycles. The molecule has 1 aromatic carbocycles. The molecule has 0 radical (unpaired) electrons. The number of hydrogen-bond acceptors (Lipinski definition) is 4. The van der Waals surface area contributed by atoms with Gasteiger partial charge in [0.1, 0.15) is 11.6 Å². The third-order valence-corrected chi connectivity index (χ3v) is 3.01. The molecule has 21 heavy (non-hydrogen) atoms. The average Bonchev–Trinajstić information content (AvgIpc) is 2.54. The first-order valence-electron chi connectivity index (χ1n) is 6.84. The number of nitrogens with one attached hydrogen (secondary N) is 2. The van der Waals surface area contributed by atoms with E-state index in [-0.39, 0.29) is 5.91 Å². The smallest absolute Gasteiger partial charge is 0.255 e. The van der Waals surface area contributed by atoms with Gasteiger partial charge in [-0.15, -0.1) is 0 Å². The molecule has 5 heteroatoms. The zero-order valence-corrected chi connectivity index (χ0v) is 12.2. The minimum absolute atomic E-state index is 0.144. The Kier molecular flexibility index (Phi) is 5.15. The lowest BCUT2D eigenvalue weighted by Crippen LogP contribution is -2.24. The Balaban J connectivity index is 2.01. The molecular weight excluding hydrogens is 266 g/mol. The SMILES string of the molecule is CCNc1ncccc1C(=O)NCc1ccc(OC)cc1. The number of aromatic nitrogens is 1. The van der Waals surface area contributed by atoms with Crippen LogP contribution in [0.5, 0.6) is 5.75 Å². The number of hydrogen-bond donors (Lipinski definition) is 2. The van der Waals surface area contributed by atoms with Crippen molar-refractivity contribution in [2.45, 2.75) is 13.5 Å². The summed E-state index contributed by atoms with van der Waals surface area (Å²) in [6, 6.07) is 11.1. The quantitative estimate of drug-likeness (QED) is 0.855. The number of nitrogens with zero attached hydrogens (tertiary/aromatic N) is 1. The standard InChI is InChI=1S/C16H19N3O2/c1-3-17-15-14(5-4-10-18-15)16(20)19-11-12-6-8-13(21-2)9-7-12/h4-10H,3,11H2,1-2H3,(H,17,18)(H,19,20). The van der Waals surface area contributed by atoms with Crippen molar-refractivity contribution >= 4 is 11.7 Å². The minimum atomic E-state index is -0.144. The van der Waals surface area contributed by atoms with Crippen LogP contribution in [0.15, 0.2) is 42.6 Å². The summed E-state index contributed by atoms with van der Waals surface area (Å²) in [4.78, 5) is 16.4. The van der Waals surface area contributed by atoms with Gasteiger partial charge in [-0.25, -0.2) is 4.98 Å². The van der Waals surface area contributed by atoms with Gasteiger partial charge in [-0.05, 0) is 36.8 Å². The van der Waals surface area contributed by atoms with Crippen LogP contribution in [0.1, 0.15) is 22.8 Å². The lowest BCUT2D eigenvalue weighted by atomic mass is 10.2. The summed E-state index contributed by atoms with van der Waals surface area (Å²) in [6.07, 6.45) is 1.66. The molecule has 2 N–H and O–H groups in total. The van der Waals surface area contributed by atoms with E-state index in [1.54, 1.807) is 25.4 Å². The molecule has 0 atom stereocenters. The molecule has 1 aromatic heterocycles. The Morgan fingerprint density at radius 3 is 2.67 bits per heavy atom. The highest BCUT2D eigenvalue weighted by Gasteiger charge is 2.11. The fourth-order valence-electron chi connectivity index (χ4n) is 1.92. The highest BCUT2D eigenvalue weighted by molar-refractivity contribution is 5.98. The van der Waals surface area contributed by atoms with Crippen LogP contribution >= 0.6 is 0 Å². The molecule has 2 rings (SSSR count). The highest BCUT2D eigenvalue weighted by atomic mass is 16.5. The predicted molar refractivity (Wildman–Crippen MR) is 82.6 cm³/mol. The Labute approximate surface area is 124 Å². The molecule has 0 bridgehead atoms. The maximum atomic E-state index is 12.2. The van der Waals surface area contributed by atoms with Gasteiger partial charge in [0.05, 0.1) is 12.7 Å². The van der Waals surface area contributed by atoms with Crippen molar-refractivity contribution in [1.29, 1.82) is 0 Å². The largest absolute Gasteiger partial charge is 0.497 e. The van der Waals surface area contributed by atoms with Crippen LogP contribution in [-0.2, 0) is 6.54 Å². The first-order valence-corrected chi connectivity index (χ1v) is 6.84. The predicted octanol–water partition coefficient (Wildman–Crippen LogP) is 2.45. The van der Waals surface area contributed by atoms with E-state index in [9.17, 15) is 4.79 Å². The summed E-state index contributed by atoms with van der Waals surface area (Å²) in [6.45, 7) is 3.15. The van der Waals surface area contributed by atoms with E-state index in [1.807, 2.05) is 31.2 Å². The lowest BCUT2D eigenvalue weighted by molar-refractivity contribution is 0.0951. The van der Waals surface area contributed by atoms with E-state index < -0.39 is 0 Å². The molecule has 0 unspecified atom stereocenters. The molecule has 5 nitrogen and oxygen atoms in total. The normalized spacial score (nSPS) is 10.0. The van der Waals surface area contributed by atoms with Gasteiger partial charge in [-0.2, -0.15) is 0 Å². The van der Waals surface area contributed by atoms with Gasteiger partial charge in [0.2, 0.25) is 0 Å². The first-order chi connectivity index (χ1) is 10.2. The van der Waals surface area contributed by atoms with E-state index in [0.717, 1.165) is 17.9 Å². The molecule has 0 aliphatic heterocycles. The number of carbonyl (C=O) groups is 1. The highest BCUT2D eigenvalue weighted by Crippen LogP contribution is 2.13. The average molecular weight is 285 g/mol. The number of carbonyl (C=O) groups excluding carboxylic acids is 1. The van der Waals surface area contributed by atoms with Crippen LogP contribution in [0, 0.1) is 0 Å². The molecule has 1 amide bonds. The van der Waals surface area contributed by atoms with Crippen molar-refractivity contribution in [2.24, 2.45) is 0 Å². The van der Waals surface area contributed by atoms with Crippen LogP contribution < -0.4 is 15.4 Å².